The molecule has 456 valence electrons. The molecule has 0 aliphatic heterocycles. The predicted molar refractivity (Wildman–Crippen MR) is 345 cm³/mol. The van der Waals surface area contributed by atoms with Crippen LogP contribution in [0.3, 0.4) is 0 Å². The van der Waals surface area contributed by atoms with E-state index in [9.17, 15) is 4.79 Å². The van der Waals surface area contributed by atoms with Gasteiger partial charge in [0.1, 0.15) is 5.60 Å². The van der Waals surface area contributed by atoms with E-state index >= 15 is 0 Å². The van der Waals surface area contributed by atoms with E-state index in [0.717, 1.165) is 114 Å². The van der Waals surface area contributed by atoms with Gasteiger partial charge in [-0.1, -0.05) is 48.5 Å². The molecule has 0 spiro atoms. The second kappa shape index (κ2) is 24.6. The molecule has 16 aliphatic carbocycles. The fraction of sp³-hybridized carbons (Fsp3) is 0.653. The lowest BCUT2D eigenvalue weighted by Crippen LogP contribution is -2.58. The van der Waals surface area contributed by atoms with Gasteiger partial charge in [0.05, 0.1) is 11.6 Å². The average Bonchev–Trinajstić information content (AvgIpc) is 2.49. The highest BCUT2D eigenvalue weighted by molar-refractivity contribution is 5.84. The molecule has 16 fully saturated rings. The van der Waals surface area contributed by atoms with Crippen molar-refractivity contribution in [1.29, 1.82) is 5.26 Å². The van der Waals surface area contributed by atoms with Gasteiger partial charge in [-0.25, -0.2) is 4.79 Å². The topological polar surface area (TPSA) is 148 Å². The van der Waals surface area contributed by atoms with Crippen molar-refractivity contribution in [3.63, 3.8) is 0 Å². The summed E-state index contributed by atoms with van der Waals surface area (Å²) in [6, 6.07) is 35.5. The Bertz CT molecular complexity index is 2800. The van der Waals surface area contributed by atoms with E-state index < -0.39 is 11.7 Å². The van der Waals surface area contributed by atoms with Gasteiger partial charge < -0.3 is 37.1 Å². The van der Waals surface area contributed by atoms with Gasteiger partial charge in [-0.3, -0.25) is 5.32 Å². The van der Waals surface area contributed by atoms with E-state index in [1.54, 1.807) is 0 Å². The van der Waals surface area contributed by atoms with Crippen molar-refractivity contribution in [2.24, 2.45) is 71.0 Å². The minimum absolute atomic E-state index is 0.391. The first-order valence-electron chi connectivity index (χ1n) is 34.2. The van der Waals surface area contributed by atoms with Crippen molar-refractivity contribution in [2.45, 2.75) is 229 Å². The summed E-state index contributed by atoms with van der Waals surface area (Å²) in [7, 11) is 1.97. The van der Waals surface area contributed by atoms with Crippen molar-refractivity contribution in [3.05, 3.63) is 125 Å². The molecule has 0 saturated heterocycles. The van der Waals surface area contributed by atoms with Crippen LogP contribution in [-0.2, 0) is 30.9 Å². The third-order valence-electron chi connectivity index (χ3n) is 23.7. The van der Waals surface area contributed by atoms with Crippen LogP contribution in [0.2, 0.25) is 0 Å². The molecule has 10 nitrogen and oxygen atoms in total. The molecule has 16 saturated carbocycles. The lowest BCUT2D eigenvalue weighted by Gasteiger charge is -2.57. The van der Waals surface area contributed by atoms with Gasteiger partial charge in [0.25, 0.3) is 0 Å². The van der Waals surface area contributed by atoms with Gasteiger partial charge in [0.2, 0.25) is 0 Å². The highest BCUT2D eigenvalue weighted by Gasteiger charge is 2.54. The van der Waals surface area contributed by atoms with E-state index in [2.05, 4.69) is 98.6 Å². The first-order valence-corrected chi connectivity index (χ1v) is 34.2. The number of nitrogens with one attached hydrogen (secondary N) is 6. The molecular weight excluding hydrogens is 1040 g/mol. The van der Waals surface area contributed by atoms with Gasteiger partial charge in [-0.15, -0.1) is 0 Å². The summed E-state index contributed by atoms with van der Waals surface area (Å²) in [6.07, 6.45) is 34.5. The molecule has 16 aliphatic rings. The lowest BCUT2D eigenvalue weighted by atomic mass is 9.53. The van der Waals surface area contributed by atoms with Crippen molar-refractivity contribution >= 4 is 23.2 Å². The molecule has 0 unspecified atom stereocenters. The first-order chi connectivity index (χ1) is 41.0. The maximum absolute atomic E-state index is 11.9. The number of hydrogen-bond donors (Lipinski definition) is 7. The molecular formula is C75H104N8O2. The van der Waals surface area contributed by atoms with Crippen LogP contribution in [0.15, 0.2) is 97.1 Å². The first kappa shape index (κ1) is 59.1. The third-order valence-corrected chi connectivity index (χ3v) is 23.7. The average molecular weight is 1150 g/mol. The Kier molecular flexibility index (Phi) is 17.1. The number of nitrogen functional groups attached to an aromatic ring is 1. The highest BCUT2D eigenvalue weighted by Crippen LogP contribution is 2.59. The predicted octanol–water partition coefficient (Wildman–Crippen LogP) is 15.8. The number of nitrogens with two attached hydrogens (primary N) is 1. The molecule has 0 radical (unpaired) electrons. The van der Waals surface area contributed by atoms with Crippen molar-refractivity contribution in [3.8, 4) is 6.07 Å². The molecule has 0 atom stereocenters. The second-order valence-corrected chi connectivity index (χ2v) is 32.0. The van der Waals surface area contributed by atoms with Gasteiger partial charge in [0.15, 0.2) is 0 Å². The minimum atomic E-state index is -0.480. The lowest BCUT2D eigenvalue weighted by molar-refractivity contribution is -0.0207. The molecule has 0 heterocycles. The van der Waals surface area contributed by atoms with Crippen LogP contribution >= 0.6 is 0 Å². The smallest absolute Gasteiger partial charge is 0.412 e. The van der Waals surface area contributed by atoms with Crippen LogP contribution in [0, 0.1) is 82.3 Å². The number of ether oxygens (including phenoxy) is 1. The van der Waals surface area contributed by atoms with E-state index in [1.807, 2.05) is 64.2 Å². The van der Waals surface area contributed by atoms with E-state index in [1.165, 1.54) is 182 Å². The maximum atomic E-state index is 11.9. The number of carbonyl (C=O) groups excluding carboxylic acids is 1. The Morgan fingerprint density at radius 2 is 0.682 bits per heavy atom. The number of rotatable bonds is 14. The highest BCUT2D eigenvalue weighted by atomic mass is 16.6. The Morgan fingerprint density at radius 1 is 0.435 bits per heavy atom. The van der Waals surface area contributed by atoms with Crippen LogP contribution in [-0.4, -0.2) is 40.9 Å². The molecule has 20 rings (SSSR count). The monoisotopic (exact) mass is 1150 g/mol. The Balaban J connectivity index is 0.000000106. The molecule has 4 aromatic carbocycles. The Morgan fingerprint density at radius 3 is 0.929 bits per heavy atom. The number of carbonyl (C=O) groups is 1. The van der Waals surface area contributed by atoms with Gasteiger partial charge in [-0.2, -0.15) is 5.26 Å². The van der Waals surface area contributed by atoms with Gasteiger partial charge >= 0.3 is 6.09 Å². The second-order valence-electron chi connectivity index (χ2n) is 32.0. The van der Waals surface area contributed by atoms with Crippen molar-refractivity contribution in [1.82, 2.24) is 21.3 Å². The molecule has 85 heavy (non-hydrogen) atoms. The summed E-state index contributed by atoms with van der Waals surface area (Å²) in [5, 5.41) is 30.5. The van der Waals surface area contributed by atoms with Crippen LogP contribution < -0.4 is 37.6 Å². The normalized spacial score (nSPS) is 36.7. The van der Waals surface area contributed by atoms with Gasteiger partial charge in [0, 0.05) is 72.4 Å². The van der Waals surface area contributed by atoms with E-state index in [4.69, 9.17) is 15.7 Å². The number of benzene rings is 4. The molecule has 1 amide bonds. The fourth-order valence-corrected chi connectivity index (χ4v) is 21.7. The zero-order valence-electron chi connectivity index (χ0n) is 52.3. The summed E-state index contributed by atoms with van der Waals surface area (Å²) in [5.74, 6) is 12.0. The van der Waals surface area contributed by atoms with Crippen molar-refractivity contribution in [2.75, 3.05) is 23.4 Å². The number of amides is 1. The SMILES string of the molecule is CC(C)(C)OC(=O)Nc1ccc(CNC23CC4CC(CC(C4)C2)C3)cc1.CNc1ccc(CNC23CC4CC(CC(C4)C2)C3)cc1.N#Cc1ccc(CNC23CC4CC(CC(C4)C2)C3)cc1.Nc1ccc(CNC23CC4CC(CC(C4)C2)C3)cc1. The van der Waals surface area contributed by atoms with Crippen LogP contribution in [0.5, 0.6) is 0 Å². The standard InChI is InChI=1S/C22H32N2O2.C18H26N2.C18H22N2.C17H24N2/c1-21(2,3)26-20(25)24-19-6-4-15(5-7-19)14-23-22-11-16-8-17(12-22)10-18(9-16)13-22;1-19-17-4-2-13(3-5-17)12-20-18-9-14-6-15(10-18)8-16(7-14)11-18;19-11-13-1-3-14(4-2-13)12-20-18-8-15-5-16(9-18)7-17(6-15)10-18;18-16-3-1-12(2-4-16)11-19-17-8-13-5-14(9-17)7-15(6-13)10-17/h4-7,16-18,23H,8-14H2,1-3H3,(H,24,25);2-5,14-16,19-20H,6-12H2,1H3;1-4,15-17,20H,5-10,12H2;1-4,13-15,19H,5-11,18H2. The zero-order valence-corrected chi connectivity index (χ0v) is 52.3. The summed E-state index contributed by atoms with van der Waals surface area (Å²) >= 11 is 0. The van der Waals surface area contributed by atoms with Crippen LogP contribution in [0.25, 0.3) is 0 Å². The summed E-state index contributed by atoms with van der Waals surface area (Å²) < 4.78 is 5.29. The van der Waals surface area contributed by atoms with E-state index in [-0.39, 0.29) is 0 Å². The third kappa shape index (κ3) is 14.5. The number of hydrogen-bond acceptors (Lipinski definition) is 9. The Labute approximate surface area is 510 Å². The number of nitriles is 1. The largest absolute Gasteiger partial charge is 0.444 e. The van der Waals surface area contributed by atoms with E-state index in [0.29, 0.717) is 22.2 Å². The number of nitrogens with zero attached hydrogens (tertiary/aromatic N) is 1. The zero-order chi connectivity index (χ0) is 58.4. The molecule has 10 heteroatoms. The number of anilines is 3. The maximum Gasteiger partial charge on any atom is 0.412 e. The van der Waals surface area contributed by atoms with Crippen LogP contribution in [0.1, 0.15) is 203 Å². The summed E-state index contributed by atoms with van der Waals surface area (Å²) in [6.45, 7) is 9.52. The van der Waals surface area contributed by atoms with Crippen LogP contribution in [0.4, 0.5) is 21.9 Å². The van der Waals surface area contributed by atoms with Crippen molar-refractivity contribution < 1.29 is 9.53 Å². The minimum Gasteiger partial charge on any atom is -0.444 e. The molecule has 0 aromatic heterocycles. The molecule has 16 bridgehead atoms. The quantitative estimate of drug-likeness (QED) is 0.0613. The summed E-state index contributed by atoms with van der Waals surface area (Å²) in [4.78, 5) is 11.9. The van der Waals surface area contributed by atoms with Gasteiger partial charge in [-0.05, 0) is 317 Å². The Hall–Kier alpha value is -4.92. The molecule has 4 aromatic rings. The fourth-order valence-electron chi connectivity index (χ4n) is 21.7. The molecule has 8 N–H and O–H groups in total. The summed E-state index contributed by atoms with van der Waals surface area (Å²) in [5.41, 5.74) is 16.0.